The quantitative estimate of drug-likeness (QED) is 0.464. The Morgan fingerprint density at radius 2 is 1.85 bits per heavy atom. The fraction of sp³-hybridized carbons (Fsp3) is 0.367. The van der Waals surface area contributed by atoms with Crippen LogP contribution in [0.5, 0.6) is 5.75 Å². The van der Waals surface area contributed by atoms with Crippen molar-refractivity contribution in [1.82, 2.24) is 10.2 Å². The van der Waals surface area contributed by atoms with Gasteiger partial charge in [0.1, 0.15) is 5.75 Å². The van der Waals surface area contributed by atoms with Crippen molar-refractivity contribution >= 4 is 5.91 Å². The third-order valence-electron chi connectivity index (χ3n) is 6.40. The van der Waals surface area contributed by atoms with Crippen molar-refractivity contribution in [3.8, 4) is 5.75 Å². The number of carbonyl (C=O) groups is 1. The van der Waals surface area contributed by atoms with E-state index in [0.29, 0.717) is 6.42 Å². The first-order chi connectivity index (χ1) is 16.4. The summed E-state index contributed by atoms with van der Waals surface area (Å²) in [5.41, 5.74) is 6.50. The third-order valence-corrected chi connectivity index (χ3v) is 6.40. The smallest absolute Gasteiger partial charge is 0.261 e. The highest BCUT2D eigenvalue weighted by Gasteiger charge is 2.30. The van der Waals surface area contributed by atoms with Gasteiger partial charge in [0.15, 0.2) is 6.10 Å². The minimum absolute atomic E-state index is 0.0593. The zero-order valence-corrected chi connectivity index (χ0v) is 20.8. The van der Waals surface area contributed by atoms with Crippen LogP contribution in [0.4, 0.5) is 0 Å². The predicted octanol–water partition coefficient (Wildman–Crippen LogP) is 5.82. The maximum atomic E-state index is 12.6. The van der Waals surface area contributed by atoms with Crippen molar-refractivity contribution < 1.29 is 9.53 Å². The Morgan fingerprint density at radius 3 is 2.56 bits per heavy atom. The van der Waals surface area contributed by atoms with Gasteiger partial charge < -0.3 is 10.1 Å². The molecule has 0 saturated heterocycles. The second-order valence-electron chi connectivity index (χ2n) is 9.56. The van der Waals surface area contributed by atoms with E-state index in [0.717, 1.165) is 25.3 Å². The molecule has 34 heavy (non-hydrogen) atoms. The zero-order valence-electron chi connectivity index (χ0n) is 20.8. The molecule has 4 heteroatoms. The van der Waals surface area contributed by atoms with Crippen LogP contribution in [0.15, 0.2) is 72.8 Å². The molecule has 2 atom stereocenters. The van der Waals surface area contributed by atoms with E-state index in [-0.39, 0.29) is 18.0 Å². The Hall–Kier alpha value is -3.11. The first-order valence-corrected chi connectivity index (χ1v) is 12.4. The maximum Gasteiger partial charge on any atom is 0.261 e. The summed E-state index contributed by atoms with van der Waals surface area (Å²) in [7, 11) is 0. The van der Waals surface area contributed by atoms with E-state index in [1.165, 1.54) is 27.8 Å². The summed E-state index contributed by atoms with van der Waals surface area (Å²) in [6.45, 7) is 9.95. The molecule has 0 aromatic heterocycles. The van der Waals surface area contributed by atoms with Gasteiger partial charge in [-0.1, -0.05) is 73.2 Å². The largest absolute Gasteiger partial charge is 0.481 e. The molecular formula is C30H36N2O2. The Labute approximate surface area is 204 Å². The van der Waals surface area contributed by atoms with Crippen LogP contribution in [-0.2, 0) is 17.8 Å². The molecule has 0 aliphatic carbocycles. The number of amides is 1. The molecule has 1 amide bonds. The van der Waals surface area contributed by atoms with Gasteiger partial charge >= 0.3 is 0 Å². The Balaban J connectivity index is 1.66. The number of nitrogens with zero attached hydrogens (tertiary/aromatic N) is 1. The molecule has 0 fully saturated rings. The van der Waals surface area contributed by atoms with Gasteiger partial charge in [0.25, 0.3) is 5.91 Å². The highest BCUT2D eigenvalue weighted by atomic mass is 16.5. The lowest BCUT2D eigenvalue weighted by Gasteiger charge is -2.38. The number of aryl methyl sites for hydroxylation is 1. The normalized spacial score (nSPS) is 16.7. The van der Waals surface area contributed by atoms with E-state index in [4.69, 9.17) is 4.74 Å². The molecule has 0 radical (unpaired) electrons. The van der Waals surface area contributed by atoms with Gasteiger partial charge in [-0.3, -0.25) is 9.69 Å². The molecule has 0 bridgehead atoms. The highest BCUT2D eigenvalue weighted by Crippen LogP contribution is 2.38. The molecule has 1 aliphatic heterocycles. The SMILES string of the molecule is CC[C@H](Oc1ccc2c(c1)[C@@H](c1ccccc1)N(Cc1cccc(C)c1)CC2)C(=O)NC(C)C. The standard InChI is InChI=1S/C30H36N2O2/c1-5-28(30(33)31-21(2)3)34-26-15-14-24-16-17-32(20-23-11-9-10-22(4)18-23)29(27(24)19-26)25-12-7-6-8-13-25/h6-15,18-19,21,28-29H,5,16-17,20H2,1-4H3,(H,31,33)/t28-,29+/m0/s1. The van der Waals surface area contributed by atoms with E-state index in [1.54, 1.807) is 0 Å². The summed E-state index contributed by atoms with van der Waals surface area (Å²) >= 11 is 0. The number of ether oxygens (including phenoxy) is 1. The number of benzene rings is 3. The van der Waals surface area contributed by atoms with E-state index >= 15 is 0 Å². The van der Waals surface area contributed by atoms with Gasteiger partial charge in [-0.2, -0.15) is 0 Å². The average Bonchev–Trinajstić information content (AvgIpc) is 2.82. The van der Waals surface area contributed by atoms with Crippen molar-refractivity contribution in [2.45, 2.75) is 65.3 Å². The summed E-state index contributed by atoms with van der Waals surface area (Å²) in [5, 5.41) is 2.98. The second kappa shape index (κ2) is 10.9. The van der Waals surface area contributed by atoms with Crippen LogP contribution < -0.4 is 10.1 Å². The monoisotopic (exact) mass is 456 g/mol. The van der Waals surface area contributed by atoms with Crippen LogP contribution >= 0.6 is 0 Å². The molecule has 4 rings (SSSR count). The minimum atomic E-state index is -0.498. The molecule has 0 spiro atoms. The van der Waals surface area contributed by atoms with E-state index < -0.39 is 6.10 Å². The van der Waals surface area contributed by atoms with Gasteiger partial charge in [0.2, 0.25) is 0 Å². The molecule has 1 aliphatic rings. The van der Waals surface area contributed by atoms with Gasteiger partial charge in [-0.15, -0.1) is 0 Å². The summed E-state index contributed by atoms with van der Waals surface area (Å²) in [5.74, 6) is 0.693. The van der Waals surface area contributed by atoms with E-state index in [1.807, 2.05) is 26.8 Å². The molecule has 0 saturated carbocycles. The summed E-state index contributed by atoms with van der Waals surface area (Å²) in [6.07, 6.45) is 1.12. The lowest BCUT2D eigenvalue weighted by Crippen LogP contribution is -2.41. The molecule has 178 valence electrons. The van der Waals surface area contributed by atoms with Crippen molar-refractivity contribution in [3.63, 3.8) is 0 Å². The summed E-state index contributed by atoms with van der Waals surface area (Å²) in [4.78, 5) is 15.2. The van der Waals surface area contributed by atoms with Gasteiger partial charge in [0.05, 0.1) is 6.04 Å². The number of hydrogen-bond donors (Lipinski definition) is 1. The lowest BCUT2D eigenvalue weighted by atomic mass is 9.87. The van der Waals surface area contributed by atoms with E-state index in [9.17, 15) is 4.79 Å². The molecule has 1 heterocycles. The number of carbonyl (C=O) groups excluding carboxylic acids is 1. The maximum absolute atomic E-state index is 12.6. The molecule has 4 nitrogen and oxygen atoms in total. The second-order valence-corrected chi connectivity index (χ2v) is 9.56. The van der Waals surface area contributed by atoms with Crippen LogP contribution in [0.25, 0.3) is 0 Å². The number of hydrogen-bond acceptors (Lipinski definition) is 3. The first kappa shape index (κ1) is 24.0. The highest BCUT2D eigenvalue weighted by molar-refractivity contribution is 5.81. The summed E-state index contributed by atoms with van der Waals surface area (Å²) < 4.78 is 6.22. The van der Waals surface area contributed by atoms with Crippen LogP contribution in [0.2, 0.25) is 0 Å². The Morgan fingerprint density at radius 1 is 1.06 bits per heavy atom. The lowest BCUT2D eigenvalue weighted by molar-refractivity contribution is -0.128. The summed E-state index contributed by atoms with van der Waals surface area (Å²) in [6, 6.07) is 26.0. The van der Waals surface area contributed by atoms with Gasteiger partial charge in [0, 0.05) is 19.1 Å². The Kier molecular flexibility index (Phi) is 7.69. The van der Waals surface area contributed by atoms with Crippen molar-refractivity contribution in [3.05, 3.63) is 101 Å². The van der Waals surface area contributed by atoms with Gasteiger partial charge in [-0.05, 0) is 68.0 Å². The van der Waals surface area contributed by atoms with Crippen molar-refractivity contribution in [2.75, 3.05) is 6.54 Å². The molecule has 3 aromatic rings. The molecule has 3 aromatic carbocycles. The molecule has 1 N–H and O–H groups in total. The van der Waals surface area contributed by atoms with Crippen LogP contribution in [0.3, 0.4) is 0 Å². The number of nitrogens with one attached hydrogen (secondary N) is 1. The van der Waals surface area contributed by atoms with Crippen LogP contribution in [0, 0.1) is 6.92 Å². The first-order valence-electron chi connectivity index (χ1n) is 12.4. The fourth-order valence-corrected chi connectivity index (χ4v) is 4.82. The molecule has 0 unspecified atom stereocenters. The fourth-order valence-electron chi connectivity index (χ4n) is 4.82. The van der Waals surface area contributed by atoms with Crippen LogP contribution in [0.1, 0.15) is 61.1 Å². The zero-order chi connectivity index (χ0) is 24.1. The minimum Gasteiger partial charge on any atom is -0.481 e. The van der Waals surface area contributed by atoms with Crippen LogP contribution in [-0.4, -0.2) is 29.5 Å². The predicted molar refractivity (Wildman–Crippen MR) is 138 cm³/mol. The number of rotatable bonds is 8. The third kappa shape index (κ3) is 5.68. The van der Waals surface area contributed by atoms with E-state index in [2.05, 4.69) is 83.9 Å². The van der Waals surface area contributed by atoms with Crippen molar-refractivity contribution in [2.24, 2.45) is 0 Å². The van der Waals surface area contributed by atoms with Gasteiger partial charge in [-0.25, -0.2) is 0 Å². The number of fused-ring (bicyclic) bond motifs is 1. The molecular weight excluding hydrogens is 420 g/mol. The Bertz CT molecular complexity index is 1110. The average molecular weight is 457 g/mol. The van der Waals surface area contributed by atoms with Crippen molar-refractivity contribution in [1.29, 1.82) is 0 Å². The topological polar surface area (TPSA) is 41.6 Å².